The Hall–Kier alpha value is -6.39. The summed E-state index contributed by atoms with van der Waals surface area (Å²) in [5, 5.41) is 25.8. The van der Waals surface area contributed by atoms with E-state index in [0.29, 0.717) is 68.9 Å². The Kier molecular flexibility index (Phi) is 11.7. The topological polar surface area (TPSA) is 167 Å². The van der Waals surface area contributed by atoms with Gasteiger partial charge < -0.3 is 34.9 Å². The molecule has 4 atom stereocenters. The van der Waals surface area contributed by atoms with E-state index in [1.807, 2.05) is 30.3 Å². The SMILES string of the molecule is N#Cc1ccc(-c2ccc(CC(NC(=O)[C@@H]3Cc4cc5c(cc4CN3C(=O)[C@H]3CCCO3)O[C@@H](c3ccc(OCc4ccc(Cl)c(Cl)c4)cc3)C(=O)N5)C(=O)O)cc2)cc1. The zero-order valence-corrected chi connectivity index (χ0v) is 33.5. The van der Waals surface area contributed by atoms with Crippen molar-refractivity contribution in [2.45, 2.75) is 63.1 Å². The van der Waals surface area contributed by atoms with Crippen LogP contribution in [0.2, 0.25) is 10.0 Å². The molecule has 3 N–H and O–H groups in total. The Balaban J connectivity index is 0.974. The van der Waals surface area contributed by atoms with Crippen LogP contribution >= 0.6 is 23.2 Å². The van der Waals surface area contributed by atoms with Gasteiger partial charge in [0, 0.05) is 31.6 Å². The second kappa shape index (κ2) is 17.5. The fourth-order valence-electron chi connectivity index (χ4n) is 7.64. The van der Waals surface area contributed by atoms with Crippen molar-refractivity contribution < 1.29 is 38.5 Å². The summed E-state index contributed by atoms with van der Waals surface area (Å²) in [6.45, 7) is 0.734. The number of nitrogens with one attached hydrogen (secondary N) is 2. The van der Waals surface area contributed by atoms with Crippen molar-refractivity contribution in [1.82, 2.24) is 10.2 Å². The number of carbonyl (C=O) groups excluding carboxylic acids is 3. The zero-order valence-electron chi connectivity index (χ0n) is 32.0. The average Bonchev–Trinajstić information content (AvgIpc) is 3.81. The summed E-state index contributed by atoms with van der Waals surface area (Å²) in [5.41, 5.74) is 6.32. The second-order valence-electron chi connectivity index (χ2n) is 14.9. The molecule has 5 aromatic carbocycles. The lowest BCUT2D eigenvalue weighted by molar-refractivity contribution is -0.150. The molecule has 8 rings (SSSR count). The molecular formula is C46H38Cl2N4O8. The van der Waals surface area contributed by atoms with E-state index in [4.69, 9.17) is 42.7 Å². The fourth-order valence-corrected chi connectivity index (χ4v) is 7.96. The van der Waals surface area contributed by atoms with E-state index in [-0.39, 0.29) is 37.8 Å². The van der Waals surface area contributed by atoms with Crippen LogP contribution in [0.3, 0.4) is 0 Å². The molecule has 3 amide bonds. The molecule has 3 heterocycles. The van der Waals surface area contributed by atoms with Crippen molar-refractivity contribution in [3.8, 4) is 28.7 Å². The van der Waals surface area contributed by atoms with E-state index < -0.39 is 36.2 Å². The minimum atomic E-state index is -1.28. The number of amides is 3. The third-order valence-electron chi connectivity index (χ3n) is 10.9. The molecule has 1 unspecified atom stereocenters. The summed E-state index contributed by atoms with van der Waals surface area (Å²) in [4.78, 5) is 55.4. The van der Waals surface area contributed by atoms with Crippen molar-refractivity contribution in [1.29, 1.82) is 5.26 Å². The maximum atomic E-state index is 14.1. The minimum Gasteiger partial charge on any atom is -0.489 e. The largest absolute Gasteiger partial charge is 0.489 e. The Morgan fingerprint density at radius 2 is 1.63 bits per heavy atom. The van der Waals surface area contributed by atoms with Gasteiger partial charge in [0.15, 0.2) is 0 Å². The van der Waals surface area contributed by atoms with E-state index in [1.165, 1.54) is 4.90 Å². The van der Waals surface area contributed by atoms with Gasteiger partial charge >= 0.3 is 5.97 Å². The number of halogens is 2. The van der Waals surface area contributed by atoms with Gasteiger partial charge in [0.05, 0.1) is 27.4 Å². The summed E-state index contributed by atoms with van der Waals surface area (Å²) in [6.07, 6.45) is -0.402. The number of anilines is 1. The van der Waals surface area contributed by atoms with E-state index in [2.05, 4.69) is 16.7 Å². The number of nitrogens with zero attached hydrogens (tertiary/aromatic N) is 2. The molecule has 60 heavy (non-hydrogen) atoms. The van der Waals surface area contributed by atoms with E-state index in [1.54, 1.807) is 72.8 Å². The Morgan fingerprint density at radius 1 is 0.917 bits per heavy atom. The summed E-state index contributed by atoms with van der Waals surface area (Å²) in [6, 6.07) is 30.0. The van der Waals surface area contributed by atoms with Crippen molar-refractivity contribution in [3.05, 3.63) is 147 Å². The molecule has 3 aliphatic rings. The van der Waals surface area contributed by atoms with Gasteiger partial charge in [-0.05, 0) is 94.8 Å². The van der Waals surface area contributed by atoms with Gasteiger partial charge in [-0.15, -0.1) is 0 Å². The highest BCUT2D eigenvalue weighted by Gasteiger charge is 2.41. The monoisotopic (exact) mass is 844 g/mol. The van der Waals surface area contributed by atoms with Crippen LogP contribution in [0.5, 0.6) is 11.5 Å². The second-order valence-corrected chi connectivity index (χ2v) is 15.7. The van der Waals surface area contributed by atoms with Gasteiger partial charge in [0.1, 0.15) is 36.3 Å². The lowest BCUT2D eigenvalue weighted by Crippen LogP contribution is -2.57. The first-order valence-corrected chi connectivity index (χ1v) is 20.1. The van der Waals surface area contributed by atoms with Gasteiger partial charge in [0.25, 0.3) is 11.8 Å². The van der Waals surface area contributed by atoms with Crippen LogP contribution in [0.15, 0.2) is 103 Å². The number of hydrogen-bond acceptors (Lipinski definition) is 8. The predicted octanol–water partition coefficient (Wildman–Crippen LogP) is 7.43. The number of carbonyl (C=O) groups is 4. The molecule has 3 aliphatic heterocycles. The molecule has 0 radical (unpaired) electrons. The van der Waals surface area contributed by atoms with Crippen LogP contribution in [-0.2, 0) is 49.9 Å². The van der Waals surface area contributed by atoms with Crippen LogP contribution < -0.4 is 20.1 Å². The maximum absolute atomic E-state index is 14.1. The average molecular weight is 846 g/mol. The Morgan fingerprint density at radius 3 is 2.30 bits per heavy atom. The first-order chi connectivity index (χ1) is 29.0. The molecule has 1 saturated heterocycles. The van der Waals surface area contributed by atoms with E-state index in [9.17, 15) is 24.3 Å². The summed E-state index contributed by atoms with van der Waals surface area (Å²) >= 11 is 12.1. The number of rotatable bonds is 11. The van der Waals surface area contributed by atoms with Crippen molar-refractivity contribution in [2.75, 3.05) is 11.9 Å². The third kappa shape index (κ3) is 8.79. The number of hydrogen-bond donors (Lipinski definition) is 3. The fraction of sp³-hybridized carbons (Fsp3) is 0.239. The molecule has 0 aliphatic carbocycles. The summed E-state index contributed by atoms with van der Waals surface area (Å²) in [7, 11) is 0. The number of benzene rings is 5. The maximum Gasteiger partial charge on any atom is 0.326 e. The highest BCUT2D eigenvalue weighted by molar-refractivity contribution is 6.42. The number of aliphatic carboxylic acids is 1. The van der Waals surface area contributed by atoms with E-state index in [0.717, 1.165) is 22.3 Å². The number of carboxylic acids is 1. The van der Waals surface area contributed by atoms with Gasteiger partial charge in [0.2, 0.25) is 12.0 Å². The molecule has 0 saturated carbocycles. The van der Waals surface area contributed by atoms with Crippen molar-refractivity contribution in [3.63, 3.8) is 0 Å². The number of ether oxygens (including phenoxy) is 3. The molecule has 12 nitrogen and oxygen atoms in total. The smallest absolute Gasteiger partial charge is 0.326 e. The molecule has 1 fully saturated rings. The van der Waals surface area contributed by atoms with Crippen LogP contribution in [0.4, 0.5) is 5.69 Å². The van der Waals surface area contributed by atoms with Gasteiger partial charge in [-0.1, -0.05) is 77.8 Å². The normalized spacial score (nSPS) is 18.5. The third-order valence-corrected chi connectivity index (χ3v) is 11.6. The van der Waals surface area contributed by atoms with Crippen LogP contribution in [0, 0.1) is 11.3 Å². The van der Waals surface area contributed by atoms with Crippen LogP contribution in [0.1, 0.15) is 52.3 Å². The molecular weight excluding hydrogens is 807 g/mol. The molecule has 304 valence electrons. The number of carboxylic acid groups (broad SMARTS) is 1. The standard InChI is InChI=1S/C46H38Cl2N4O8/c47-35-16-7-28(18-36(35)48)25-59-34-14-12-31(13-15-34)42-44(54)50-37-20-32-21-39(52(24-33(32)22-41(37)60-42)45(55)40-2-1-17-58-40)43(53)51-38(46(56)57)19-26-3-8-29(9-4-26)30-10-5-27(23-49)6-11-30/h3-16,18,20,22,38-40,42H,1-2,17,19,21,24-25H2,(H,50,54)(H,51,53)(H,56,57)/t38?,39-,40+,42-/m0/s1. The highest BCUT2D eigenvalue weighted by atomic mass is 35.5. The van der Waals surface area contributed by atoms with Crippen molar-refractivity contribution in [2.24, 2.45) is 0 Å². The highest BCUT2D eigenvalue weighted by Crippen LogP contribution is 2.40. The predicted molar refractivity (Wildman–Crippen MR) is 223 cm³/mol. The lowest BCUT2D eigenvalue weighted by atomic mass is 9.91. The summed E-state index contributed by atoms with van der Waals surface area (Å²) in [5.74, 6) is -1.59. The first kappa shape index (κ1) is 40.4. The molecule has 0 aromatic heterocycles. The Labute approximate surface area is 355 Å². The van der Waals surface area contributed by atoms with Crippen LogP contribution in [0.25, 0.3) is 11.1 Å². The molecule has 0 bridgehead atoms. The lowest BCUT2D eigenvalue weighted by Gasteiger charge is -2.38. The molecule has 0 spiro atoms. The van der Waals surface area contributed by atoms with Crippen molar-refractivity contribution >= 4 is 52.6 Å². The van der Waals surface area contributed by atoms with Gasteiger partial charge in [-0.25, -0.2) is 4.79 Å². The minimum absolute atomic E-state index is 0.00421. The number of fused-ring (bicyclic) bond motifs is 2. The van der Waals surface area contributed by atoms with Gasteiger partial charge in [-0.2, -0.15) is 5.26 Å². The summed E-state index contributed by atoms with van der Waals surface area (Å²) < 4.78 is 17.9. The number of nitriles is 1. The molecule has 5 aromatic rings. The quantitative estimate of drug-likeness (QED) is 0.123. The van der Waals surface area contributed by atoms with Gasteiger partial charge in [-0.3, -0.25) is 14.4 Å². The van der Waals surface area contributed by atoms with E-state index >= 15 is 0 Å². The zero-order chi connectivity index (χ0) is 41.9. The Bertz CT molecular complexity index is 2500. The van der Waals surface area contributed by atoms with Crippen LogP contribution in [-0.4, -0.2) is 58.5 Å². The molecule has 14 heteroatoms. The first-order valence-electron chi connectivity index (χ1n) is 19.4.